The number of hydrogen-bond acceptors (Lipinski definition) is 3. The third kappa shape index (κ3) is 2.82. The number of nitrogens with two attached hydrogens (primary N) is 1. The van der Waals surface area contributed by atoms with Crippen LogP contribution in [0.15, 0.2) is 12.1 Å². The molecule has 2 N–H and O–H groups in total. The predicted octanol–water partition coefficient (Wildman–Crippen LogP) is 3.86. The van der Waals surface area contributed by atoms with Crippen molar-refractivity contribution in [3.63, 3.8) is 0 Å². The molecule has 3 nitrogen and oxygen atoms in total. The summed E-state index contributed by atoms with van der Waals surface area (Å²) < 4.78 is 11.3. The summed E-state index contributed by atoms with van der Waals surface area (Å²) in [4.78, 5) is 0. The van der Waals surface area contributed by atoms with Crippen molar-refractivity contribution in [2.45, 2.75) is 51.2 Å². The summed E-state index contributed by atoms with van der Waals surface area (Å²) in [7, 11) is 1.64. The smallest absolute Gasteiger partial charge is 0.168 e. The lowest BCUT2D eigenvalue weighted by Crippen LogP contribution is -2.34. The molecular weight excluding hydrogens is 262 g/mol. The van der Waals surface area contributed by atoms with Gasteiger partial charge in [-0.25, -0.2) is 0 Å². The van der Waals surface area contributed by atoms with Crippen LogP contribution in [0.5, 0.6) is 11.5 Å². The molecule has 2 rings (SSSR count). The molecule has 0 bridgehead atoms. The lowest BCUT2D eigenvalue weighted by atomic mass is 9.88. The van der Waals surface area contributed by atoms with E-state index in [1.54, 1.807) is 7.11 Å². The van der Waals surface area contributed by atoms with Crippen molar-refractivity contribution >= 4 is 11.6 Å². The highest BCUT2D eigenvalue weighted by Gasteiger charge is 2.37. The van der Waals surface area contributed by atoms with Gasteiger partial charge in [-0.2, -0.15) is 0 Å². The monoisotopic (exact) mass is 283 g/mol. The average Bonchev–Trinajstić information content (AvgIpc) is 2.76. The Labute approximate surface area is 120 Å². The Morgan fingerprint density at radius 3 is 2.42 bits per heavy atom. The van der Waals surface area contributed by atoms with Crippen LogP contribution in [0.25, 0.3) is 0 Å². The number of rotatable bonds is 4. The standard InChI is InChI=1S/C15H22ClNO2/c1-10(2)19-14-12(18-3)7-6-11(16)13(14)15(17)8-4-5-9-15/h6-7,10H,4-5,8-9,17H2,1-3H3. The Bertz CT molecular complexity index is 454. The quantitative estimate of drug-likeness (QED) is 0.912. The third-order valence-electron chi connectivity index (χ3n) is 3.64. The van der Waals surface area contributed by atoms with Crippen molar-refractivity contribution in [1.29, 1.82) is 0 Å². The SMILES string of the molecule is COc1ccc(Cl)c(C2(N)CCCC2)c1OC(C)C. The topological polar surface area (TPSA) is 44.5 Å². The molecule has 0 aliphatic heterocycles. The van der Waals surface area contributed by atoms with Gasteiger partial charge in [-0.05, 0) is 38.8 Å². The van der Waals surface area contributed by atoms with Gasteiger partial charge in [0.15, 0.2) is 11.5 Å². The zero-order valence-electron chi connectivity index (χ0n) is 11.8. The summed E-state index contributed by atoms with van der Waals surface area (Å²) >= 11 is 6.40. The van der Waals surface area contributed by atoms with Crippen LogP contribution in [0.2, 0.25) is 5.02 Å². The van der Waals surface area contributed by atoms with E-state index in [9.17, 15) is 0 Å². The lowest BCUT2D eigenvalue weighted by Gasteiger charge is -2.29. The predicted molar refractivity (Wildman–Crippen MR) is 78.1 cm³/mol. The molecule has 0 aromatic heterocycles. The second-order valence-corrected chi connectivity index (χ2v) is 5.89. The molecule has 106 valence electrons. The van der Waals surface area contributed by atoms with Crippen molar-refractivity contribution in [3.05, 3.63) is 22.7 Å². The van der Waals surface area contributed by atoms with Gasteiger partial charge in [-0.3, -0.25) is 0 Å². The van der Waals surface area contributed by atoms with Crippen molar-refractivity contribution in [3.8, 4) is 11.5 Å². The van der Waals surface area contributed by atoms with E-state index in [1.807, 2.05) is 26.0 Å². The minimum Gasteiger partial charge on any atom is -0.493 e. The summed E-state index contributed by atoms with van der Waals surface area (Å²) in [5.74, 6) is 1.40. The first kappa shape index (κ1) is 14.5. The van der Waals surface area contributed by atoms with Crippen molar-refractivity contribution in [1.82, 2.24) is 0 Å². The summed E-state index contributed by atoms with van der Waals surface area (Å²) in [6, 6.07) is 3.68. The first-order chi connectivity index (χ1) is 8.98. The summed E-state index contributed by atoms with van der Waals surface area (Å²) in [6.07, 6.45) is 4.19. The van der Waals surface area contributed by atoms with Crippen LogP contribution in [0.1, 0.15) is 45.1 Å². The third-order valence-corrected chi connectivity index (χ3v) is 3.95. The zero-order valence-corrected chi connectivity index (χ0v) is 12.6. The van der Waals surface area contributed by atoms with E-state index < -0.39 is 5.54 Å². The maximum absolute atomic E-state index is 6.56. The van der Waals surface area contributed by atoms with Crippen LogP contribution in [0.3, 0.4) is 0 Å². The average molecular weight is 284 g/mol. The lowest BCUT2D eigenvalue weighted by molar-refractivity contribution is 0.222. The van der Waals surface area contributed by atoms with Gasteiger partial charge in [-0.1, -0.05) is 24.4 Å². The van der Waals surface area contributed by atoms with Crippen LogP contribution in [0.4, 0.5) is 0 Å². The highest BCUT2D eigenvalue weighted by molar-refractivity contribution is 6.31. The molecule has 4 heteroatoms. The fraction of sp³-hybridized carbons (Fsp3) is 0.600. The number of ether oxygens (including phenoxy) is 2. The number of methoxy groups -OCH3 is 1. The van der Waals surface area contributed by atoms with Crippen molar-refractivity contribution < 1.29 is 9.47 Å². The molecule has 0 atom stereocenters. The largest absolute Gasteiger partial charge is 0.493 e. The molecule has 1 aromatic carbocycles. The Morgan fingerprint density at radius 1 is 1.26 bits per heavy atom. The highest BCUT2D eigenvalue weighted by atomic mass is 35.5. The molecule has 1 aliphatic rings. The highest BCUT2D eigenvalue weighted by Crippen LogP contribution is 2.47. The van der Waals surface area contributed by atoms with Gasteiger partial charge < -0.3 is 15.2 Å². The van der Waals surface area contributed by atoms with E-state index in [4.69, 9.17) is 26.8 Å². The van der Waals surface area contributed by atoms with Crippen LogP contribution in [-0.2, 0) is 5.54 Å². The maximum atomic E-state index is 6.56. The van der Waals surface area contributed by atoms with Crippen LogP contribution >= 0.6 is 11.6 Å². The van der Waals surface area contributed by atoms with E-state index in [-0.39, 0.29) is 6.10 Å². The number of halogens is 1. The summed E-state index contributed by atoms with van der Waals surface area (Å²) in [6.45, 7) is 3.98. The molecule has 0 unspecified atom stereocenters. The molecule has 0 amide bonds. The molecule has 0 radical (unpaired) electrons. The normalized spacial score (nSPS) is 17.8. The van der Waals surface area contributed by atoms with E-state index in [1.165, 1.54) is 0 Å². The van der Waals surface area contributed by atoms with Crippen LogP contribution < -0.4 is 15.2 Å². The van der Waals surface area contributed by atoms with E-state index >= 15 is 0 Å². The first-order valence-electron chi connectivity index (χ1n) is 6.80. The minimum atomic E-state index is -0.393. The molecular formula is C15H22ClNO2. The Hall–Kier alpha value is -0.930. The second-order valence-electron chi connectivity index (χ2n) is 5.48. The second kappa shape index (κ2) is 5.59. The zero-order chi connectivity index (χ0) is 14.0. The van der Waals surface area contributed by atoms with Gasteiger partial charge in [0.25, 0.3) is 0 Å². The molecule has 1 aliphatic carbocycles. The molecule has 0 spiro atoms. The van der Waals surface area contributed by atoms with Crippen molar-refractivity contribution in [2.24, 2.45) is 5.73 Å². The number of benzene rings is 1. The maximum Gasteiger partial charge on any atom is 0.168 e. The first-order valence-corrected chi connectivity index (χ1v) is 7.18. The Balaban J connectivity index is 2.55. The van der Waals surface area contributed by atoms with Gasteiger partial charge >= 0.3 is 0 Å². The summed E-state index contributed by atoms with van der Waals surface area (Å²) in [5, 5.41) is 0.667. The van der Waals surface area contributed by atoms with Gasteiger partial charge in [0.05, 0.1) is 13.2 Å². The molecule has 19 heavy (non-hydrogen) atoms. The Kier molecular flexibility index (Phi) is 4.26. The van der Waals surface area contributed by atoms with Gasteiger partial charge in [0.1, 0.15) is 0 Å². The Morgan fingerprint density at radius 2 is 1.89 bits per heavy atom. The molecule has 0 saturated heterocycles. The minimum absolute atomic E-state index is 0.0520. The van der Waals surface area contributed by atoms with Crippen LogP contribution in [-0.4, -0.2) is 13.2 Å². The van der Waals surface area contributed by atoms with E-state index in [2.05, 4.69) is 0 Å². The fourth-order valence-corrected chi connectivity index (χ4v) is 3.11. The molecule has 1 saturated carbocycles. The van der Waals surface area contributed by atoms with Crippen molar-refractivity contribution in [2.75, 3.05) is 7.11 Å². The van der Waals surface area contributed by atoms with Gasteiger partial charge in [-0.15, -0.1) is 0 Å². The summed E-state index contributed by atoms with van der Waals surface area (Å²) in [5.41, 5.74) is 7.07. The fourth-order valence-electron chi connectivity index (χ4n) is 2.77. The molecule has 1 fully saturated rings. The van der Waals surface area contributed by atoms with Gasteiger partial charge in [0.2, 0.25) is 0 Å². The number of hydrogen-bond donors (Lipinski definition) is 1. The molecule has 1 aromatic rings. The van der Waals surface area contributed by atoms with Gasteiger partial charge in [0, 0.05) is 16.1 Å². The van der Waals surface area contributed by atoms with E-state index in [0.717, 1.165) is 31.2 Å². The van der Waals surface area contributed by atoms with E-state index in [0.29, 0.717) is 16.5 Å². The van der Waals surface area contributed by atoms with Crippen LogP contribution in [0, 0.1) is 0 Å². The molecule has 0 heterocycles.